The van der Waals surface area contributed by atoms with E-state index in [0.29, 0.717) is 23.5 Å². The SMILES string of the molecule is CC(C)c1cc(C(=O)N2CCCc3c(NC(=O)c4ccc(F)cc4)cccc32)nn1C(C)(C)C. The number of anilines is 2. The maximum Gasteiger partial charge on any atom is 0.278 e. The van der Waals surface area contributed by atoms with Gasteiger partial charge in [0.1, 0.15) is 5.82 Å². The average Bonchev–Trinajstić information content (AvgIpc) is 3.26. The molecule has 0 radical (unpaired) electrons. The normalized spacial score (nSPS) is 13.7. The van der Waals surface area contributed by atoms with Crippen LogP contribution < -0.4 is 10.2 Å². The molecule has 4 rings (SSSR count). The second-order valence-electron chi connectivity index (χ2n) is 10.0. The molecule has 1 aliphatic rings. The van der Waals surface area contributed by atoms with E-state index < -0.39 is 5.82 Å². The summed E-state index contributed by atoms with van der Waals surface area (Å²) in [5, 5.41) is 7.63. The molecule has 34 heavy (non-hydrogen) atoms. The Kier molecular flexibility index (Phi) is 6.30. The highest BCUT2D eigenvalue weighted by Gasteiger charge is 2.30. The molecule has 0 saturated carbocycles. The van der Waals surface area contributed by atoms with Crippen molar-refractivity contribution in [3.05, 3.63) is 76.9 Å². The van der Waals surface area contributed by atoms with Gasteiger partial charge in [0.05, 0.1) is 5.54 Å². The van der Waals surface area contributed by atoms with Gasteiger partial charge in [-0.05, 0) is 87.6 Å². The quantitative estimate of drug-likeness (QED) is 0.537. The van der Waals surface area contributed by atoms with Crippen molar-refractivity contribution in [2.75, 3.05) is 16.8 Å². The van der Waals surface area contributed by atoms with Crippen molar-refractivity contribution in [1.29, 1.82) is 0 Å². The highest BCUT2D eigenvalue weighted by atomic mass is 19.1. The number of hydrogen-bond donors (Lipinski definition) is 1. The van der Waals surface area contributed by atoms with E-state index in [1.807, 2.05) is 28.9 Å². The first kappa shape index (κ1) is 23.7. The zero-order chi connectivity index (χ0) is 24.6. The van der Waals surface area contributed by atoms with E-state index >= 15 is 0 Å². The van der Waals surface area contributed by atoms with Crippen molar-refractivity contribution in [3.63, 3.8) is 0 Å². The Balaban J connectivity index is 1.65. The molecule has 1 aromatic heterocycles. The lowest BCUT2D eigenvalue weighted by Crippen LogP contribution is -2.36. The summed E-state index contributed by atoms with van der Waals surface area (Å²) in [6.07, 6.45) is 1.52. The van der Waals surface area contributed by atoms with Crippen molar-refractivity contribution in [2.24, 2.45) is 0 Å². The number of fused-ring (bicyclic) bond motifs is 1. The Hall–Kier alpha value is -3.48. The number of nitrogens with one attached hydrogen (secondary N) is 1. The number of hydrogen-bond acceptors (Lipinski definition) is 3. The summed E-state index contributed by atoms with van der Waals surface area (Å²) in [6.45, 7) is 11.0. The number of amides is 2. The second-order valence-corrected chi connectivity index (χ2v) is 10.0. The predicted octanol–water partition coefficient (Wildman–Crippen LogP) is 5.75. The summed E-state index contributed by atoms with van der Waals surface area (Å²) in [4.78, 5) is 28.1. The number of carbonyl (C=O) groups is 2. The molecular weight excluding hydrogens is 431 g/mol. The fourth-order valence-electron chi connectivity index (χ4n) is 4.34. The van der Waals surface area contributed by atoms with Gasteiger partial charge in [-0.2, -0.15) is 5.10 Å². The Labute approximate surface area is 199 Å². The molecule has 7 heteroatoms. The number of aromatic nitrogens is 2. The van der Waals surface area contributed by atoms with Crippen LogP contribution in [0.2, 0.25) is 0 Å². The molecule has 178 valence electrons. The molecule has 0 bridgehead atoms. The van der Waals surface area contributed by atoms with E-state index in [4.69, 9.17) is 5.10 Å². The standard InChI is InChI=1S/C27H31FN4O2/c1-17(2)24-16-22(30-32(24)27(3,4)5)26(34)31-15-7-8-20-21(9-6-10-23(20)31)29-25(33)18-11-13-19(28)14-12-18/h6,9-14,16-17H,7-8,15H2,1-5H3,(H,29,33). The van der Waals surface area contributed by atoms with Gasteiger partial charge < -0.3 is 10.2 Å². The fourth-order valence-corrected chi connectivity index (χ4v) is 4.34. The maximum absolute atomic E-state index is 13.6. The first-order valence-electron chi connectivity index (χ1n) is 11.7. The molecule has 3 aromatic rings. The summed E-state index contributed by atoms with van der Waals surface area (Å²) < 4.78 is 15.2. The molecule has 0 saturated heterocycles. The van der Waals surface area contributed by atoms with Gasteiger partial charge >= 0.3 is 0 Å². The topological polar surface area (TPSA) is 67.2 Å². The van der Waals surface area contributed by atoms with Gasteiger partial charge in [-0.15, -0.1) is 0 Å². The van der Waals surface area contributed by atoms with Crippen LogP contribution in [-0.4, -0.2) is 28.1 Å². The zero-order valence-electron chi connectivity index (χ0n) is 20.4. The molecule has 1 N–H and O–H groups in total. The molecule has 0 spiro atoms. The minimum absolute atomic E-state index is 0.145. The third kappa shape index (κ3) is 4.60. The predicted molar refractivity (Wildman–Crippen MR) is 132 cm³/mol. The van der Waals surface area contributed by atoms with Crippen LogP contribution in [0, 0.1) is 5.82 Å². The summed E-state index contributed by atoms with van der Waals surface area (Å²) >= 11 is 0. The van der Waals surface area contributed by atoms with Crippen LogP contribution in [0.4, 0.5) is 15.8 Å². The van der Waals surface area contributed by atoms with Crippen molar-refractivity contribution in [1.82, 2.24) is 9.78 Å². The second kappa shape index (κ2) is 9.05. The molecule has 0 atom stereocenters. The number of benzene rings is 2. The Morgan fingerprint density at radius 1 is 1.09 bits per heavy atom. The van der Waals surface area contributed by atoms with Crippen molar-refractivity contribution >= 4 is 23.2 Å². The van der Waals surface area contributed by atoms with E-state index in [9.17, 15) is 14.0 Å². The molecule has 2 aromatic carbocycles. The van der Waals surface area contributed by atoms with E-state index in [0.717, 1.165) is 29.8 Å². The largest absolute Gasteiger partial charge is 0.322 e. The lowest BCUT2D eigenvalue weighted by molar-refractivity contribution is 0.0978. The molecule has 0 aliphatic carbocycles. The van der Waals surface area contributed by atoms with Gasteiger partial charge in [-0.1, -0.05) is 19.9 Å². The summed E-state index contributed by atoms with van der Waals surface area (Å²) in [6, 6.07) is 12.9. The van der Waals surface area contributed by atoms with E-state index in [1.165, 1.54) is 24.3 Å². The summed E-state index contributed by atoms with van der Waals surface area (Å²) in [5.41, 5.74) is 3.93. The third-order valence-corrected chi connectivity index (χ3v) is 6.03. The van der Waals surface area contributed by atoms with Crippen LogP contribution in [0.25, 0.3) is 0 Å². The van der Waals surface area contributed by atoms with Crippen molar-refractivity contribution in [3.8, 4) is 0 Å². The van der Waals surface area contributed by atoms with Gasteiger partial charge in [-0.3, -0.25) is 14.3 Å². The van der Waals surface area contributed by atoms with E-state index in [1.54, 1.807) is 4.90 Å². The number of carbonyl (C=O) groups excluding carboxylic acids is 2. The highest BCUT2D eigenvalue weighted by Crippen LogP contribution is 2.34. The van der Waals surface area contributed by atoms with Crippen LogP contribution >= 0.6 is 0 Å². The van der Waals surface area contributed by atoms with Crippen LogP contribution in [0.3, 0.4) is 0 Å². The van der Waals surface area contributed by atoms with Crippen molar-refractivity contribution in [2.45, 2.75) is 58.9 Å². The lowest BCUT2D eigenvalue weighted by Gasteiger charge is -2.30. The Morgan fingerprint density at radius 2 is 1.79 bits per heavy atom. The molecular formula is C27H31FN4O2. The van der Waals surface area contributed by atoms with Crippen LogP contribution in [0.1, 0.15) is 79.1 Å². The zero-order valence-corrected chi connectivity index (χ0v) is 20.4. The lowest BCUT2D eigenvalue weighted by atomic mass is 9.99. The highest BCUT2D eigenvalue weighted by molar-refractivity contribution is 6.08. The number of rotatable bonds is 4. The summed E-state index contributed by atoms with van der Waals surface area (Å²) in [5.74, 6) is -0.622. The van der Waals surface area contributed by atoms with Gasteiger partial charge in [0.2, 0.25) is 0 Å². The number of halogens is 1. The molecule has 0 unspecified atom stereocenters. The van der Waals surface area contributed by atoms with Crippen LogP contribution in [0.15, 0.2) is 48.5 Å². The Bertz CT molecular complexity index is 1220. The monoisotopic (exact) mass is 462 g/mol. The Morgan fingerprint density at radius 3 is 2.41 bits per heavy atom. The molecule has 2 amide bonds. The molecule has 6 nitrogen and oxygen atoms in total. The maximum atomic E-state index is 13.6. The third-order valence-electron chi connectivity index (χ3n) is 6.03. The number of nitrogens with zero attached hydrogens (tertiary/aromatic N) is 3. The summed E-state index contributed by atoms with van der Waals surface area (Å²) in [7, 11) is 0. The first-order chi connectivity index (χ1) is 16.1. The van der Waals surface area contributed by atoms with Crippen molar-refractivity contribution < 1.29 is 14.0 Å². The van der Waals surface area contributed by atoms with Crippen LogP contribution in [-0.2, 0) is 12.0 Å². The molecule has 2 heterocycles. The van der Waals surface area contributed by atoms with Gasteiger partial charge in [0.15, 0.2) is 5.69 Å². The minimum Gasteiger partial charge on any atom is -0.322 e. The van der Waals surface area contributed by atoms with E-state index in [-0.39, 0.29) is 23.3 Å². The van der Waals surface area contributed by atoms with Gasteiger partial charge in [-0.25, -0.2) is 4.39 Å². The van der Waals surface area contributed by atoms with Gasteiger partial charge in [0.25, 0.3) is 11.8 Å². The molecule has 0 fully saturated rings. The fraction of sp³-hybridized carbons (Fsp3) is 0.370. The minimum atomic E-state index is -0.391. The smallest absolute Gasteiger partial charge is 0.278 e. The van der Waals surface area contributed by atoms with E-state index in [2.05, 4.69) is 39.9 Å². The first-order valence-corrected chi connectivity index (χ1v) is 11.7. The van der Waals surface area contributed by atoms with Crippen LogP contribution in [0.5, 0.6) is 0 Å². The average molecular weight is 463 g/mol. The molecule has 1 aliphatic heterocycles. The van der Waals surface area contributed by atoms with Gasteiger partial charge in [0, 0.05) is 29.2 Å².